The number of carbonyl (C=O) groups is 2. The average Bonchev–Trinajstić information content (AvgIpc) is 3.23. The highest BCUT2D eigenvalue weighted by atomic mass is 16.5. The summed E-state index contributed by atoms with van der Waals surface area (Å²) in [6.07, 6.45) is 9.00. The fraction of sp³-hybridized carbons (Fsp3) is 0.484. The van der Waals surface area contributed by atoms with Gasteiger partial charge in [-0.3, -0.25) is 14.8 Å². The molecule has 5 atom stereocenters. The summed E-state index contributed by atoms with van der Waals surface area (Å²) in [4.78, 5) is 34.4. The highest BCUT2D eigenvalue weighted by Crippen LogP contribution is 2.34. The molecule has 37 heavy (non-hydrogen) atoms. The maximum absolute atomic E-state index is 13.5. The number of rotatable bonds is 8. The Morgan fingerprint density at radius 1 is 1.00 bits per heavy atom. The summed E-state index contributed by atoms with van der Waals surface area (Å²) in [5, 5.41) is 0. The summed E-state index contributed by atoms with van der Waals surface area (Å²) in [5.74, 6) is 1.62. The Morgan fingerprint density at radius 2 is 1.84 bits per heavy atom. The number of methoxy groups -OCH3 is 1. The standard InChI is InChI=1S/C31H38N2O4/c1-21-11-13-26(37-25-8-6-7-24(19-25)31(35)36-3)18-23(17-21)12-14-30(34)28-10-5-4-9-27(28)29-20-32-15-16-33-22(29)2/h4-10,15-16,19,21-23,26,29H,11-14,17-18,20H2,1-3H3. The smallest absolute Gasteiger partial charge is 0.337 e. The van der Waals surface area contributed by atoms with E-state index >= 15 is 0 Å². The molecule has 1 saturated carbocycles. The molecule has 2 aromatic carbocycles. The molecule has 1 fully saturated rings. The van der Waals surface area contributed by atoms with Gasteiger partial charge in [0, 0.05) is 36.9 Å². The van der Waals surface area contributed by atoms with E-state index in [0.29, 0.717) is 36.1 Å². The second-order valence-electron chi connectivity index (χ2n) is 10.5. The number of carbonyl (C=O) groups excluding carboxylic acids is 2. The van der Waals surface area contributed by atoms with E-state index in [-0.39, 0.29) is 29.8 Å². The normalized spacial score (nSPS) is 25.6. The van der Waals surface area contributed by atoms with Crippen molar-refractivity contribution in [1.82, 2.24) is 0 Å². The molecule has 0 spiro atoms. The predicted molar refractivity (Wildman–Crippen MR) is 147 cm³/mol. The first-order valence-corrected chi connectivity index (χ1v) is 13.4. The quantitative estimate of drug-likeness (QED) is 0.240. The third kappa shape index (κ3) is 7.15. The molecule has 1 aliphatic heterocycles. The van der Waals surface area contributed by atoms with E-state index in [1.807, 2.05) is 30.3 Å². The van der Waals surface area contributed by atoms with Crippen LogP contribution in [0.5, 0.6) is 5.75 Å². The zero-order chi connectivity index (χ0) is 26.2. The van der Waals surface area contributed by atoms with Crippen LogP contribution in [-0.4, -0.2) is 50.0 Å². The lowest BCUT2D eigenvalue weighted by Crippen LogP contribution is -2.21. The molecule has 5 unspecified atom stereocenters. The molecular formula is C31H38N2O4. The maximum atomic E-state index is 13.5. The molecule has 196 valence electrons. The van der Waals surface area contributed by atoms with Crippen molar-refractivity contribution in [3.63, 3.8) is 0 Å². The highest BCUT2D eigenvalue weighted by molar-refractivity contribution is 6.16. The number of aliphatic imine (C=N–C) groups is 2. The number of esters is 1. The van der Waals surface area contributed by atoms with Gasteiger partial charge in [-0.1, -0.05) is 37.3 Å². The minimum Gasteiger partial charge on any atom is -0.490 e. The summed E-state index contributed by atoms with van der Waals surface area (Å²) in [6.45, 7) is 5.02. The van der Waals surface area contributed by atoms with Gasteiger partial charge in [0.2, 0.25) is 0 Å². The van der Waals surface area contributed by atoms with Gasteiger partial charge < -0.3 is 9.47 Å². The van der Waals surface area contributed by atoms with Gasteiger partial charge in [0.05, 0.1) is 24.8 Å². The lowest BCUT2D eigenvalue weighted by molar-refractivity contribution is 0.0599. The lowest BCUT2D eigenvalue weighted by atomic mass is 9.85. The van der Waals surface area contributed by atoms with Crippen LogP contribution >= 0.6 is 0 Å². The van der Waals surface area contributed by atoms with Crippen LogP contribution in [0.1, 0.15) is 84.6 Å². The van der Waals surface area contributed by atoms with Crippen molar-refractivity contribution < 1.29 is 19.1 Å². The first kappa shape index (κ1) is 26.8. The number of hydrogen-bond donors (Lipinski definition) is 0. The Balaban J connectivity index is 1.41. The van der Waals surface area contributed by atoms with Crippen molar-refractivity contribution in [1.29, 1.82) is 0 Å². The van der Waals surface area contributed by atoms with Gasteiger partial charge in [-0.05, 0) is 74.6 Å². The van der Waals surface area contributed by atoms with Crippen LogP contribution < -0.4 is 4.74 Å². The first-order chi connectivity index (χ1) is 17.9. The largest absolute Gasteiger partial charge is 0.490 e. The number of benzene rings is 2. The molecule has 1 aliphatic carbocycles. The zero-order valence-electron chi connectivity index (χ0n) is 22.1. The molecule has 0 radical (unpaired) electrons. The number of nitrogens with zero attached hydrogens (tertiary/aromatic N) is 2. The van der Waals surface area contributed by atoms with Crippen LogP contribution in [0, 0.1) is 11.8 Å². The SMILES string of the molecule is COC(=O)c1cccc(OC2CCC(C)CC(CCC(=O)c3ccccc3C3CN=CC=NC3C)C2)c1. The monoisotopic (exact) mass is 502 g/mol. The van der Waals surface area contributed by atoms with Gasteiger partial charge in [0.25, 0.3) is 0 Å². The lowest BCUT2D eigenvalue weighted by Gasteiger charge is -2.23. The Labute approximate surface area is 220 Å². The van der Waals surface area contributed by atoms with Crippen molar-refractivity contribution in [2.45, 2.75) is 70.4 Å². The molecule has 6 heteroatoms. The van der Waals surface area contributed by atoms with Crippen LogP contribution in [0.15, 0.2) is 58.5 Å². The molecule has 0 aromatic heterocycles. The van der Waals surface area contributed by atoms with Crippen LogP contribution in [0.3, 0.4) is 0 Å². The molecule has 1 heterocycles. The fourth-order valence-corrected chi connectivity index (χ4v) is 5.65. The average molecular weight is 503 g/mol. The Kier molecular flexibility index (Phi) is 9.26. The van der Waals surface area contributed by atoms with Crippen LogP contribution in [-0.2, 0) is 4.74 Å². The van der Waals surface area contributed by atoms with Crippen molar-refractivity contribution >= 4 is 24.2 Å². The number of ether oxygens (including phenoxy) is 2. The number of hydrogen-bond acceptors (Lipinski definition) is 6. The fourth-order valence-electron chi connectivity index (χ4n) is 5.65. The summed E-state index contributed by atoms with van der Waals surface area (Å²) in [6, 6.07) is 15.2. The van der Waals surface area contributed by atoms with Crippen LogP contribution in [0.4, 0.5) is 0 Å². The minimum atomic E-state index is -0.367. The molecule has 0 N–H and O–H groups in total. The molecule has 2 aromatic rings. The van der Waals surface area contributed by atoms with Gasteiger partial charge >= 0.3 is 5.97 Å². The van der Waals surface area contributed by atoms with Gasteiger partial charge in [-0.25, -0.2) is 4.79 Å². The maximum Gasteiger partial charge on any atom is 0.337 e. The van der Waals surface area contributed by atoms with Crippen LogP contribution in [0.25, 0.3) is 0 Å². The summed E-state index contributed by atoms with van der Waals surface area (Å²) in [7, 11) is 1.38. The number of ketones is 1. The molecule has 0 saturated heterocycles. The van der Waals surface area contributed by atoms with E-state index in [4.69, 9.17) is 9.47 Å². The predicted octanol–water partition coefficient (Wildman–Crippen LogP) is 6.34. The molecule has 2 aliphatic rings. The van der Waals surface area contributed by atoms with Gasteiger partial charge in [-0.15, -0.1) is 0 Å². The Hall–Kier alpha value is -3.28. The third-order valence-electron chi connectivity index (χ3n) is 7.69. The van der Waals surface area contributed by atoms with E-state index < -0.39 is 0 Å². The third-order valence-corrected chi connectivity index (χ3v) is 7.69. The second-order valence-corrected chi connectivity index (χ2v) is 10.5. The molecule has 4 rings (SSSR count). The molecule has 6 nitrogen and oxygen atoms in total. The second kappa shape index (κ2) is 12.8. The molecule has 0 bridgehead atoms. The summed E-state index contributed by atoms with van der Waals surface area (Å²) < 4.78 is 11.2. The summed E-state index contributed by atoms with van der Waals surface area (Å²) >= 11 is 0. The Bertz CT molecular complexity index is 1140. The summed E-state index contributed by atoms with van der Waals surface area (Å²) in [5.41, 5.74) is 2.35. The van der Waals surface area contributed by atoms with E-state index in [0.717, 1.165) is 43.2 Å². The van der Waals surface area contributed by atoms with E-state index in [1.165, 1.54) is 7.11 Å². The van der Waals surface area contributed by atoms with Crippen molar-refractivity contribution in [3.8, 4) is 5.75 Å². The molecular weight excluding hydrogens is 464 g/mol. The Morgan fingerprint density at radius 3 is 2.68 bits per heavy atom. The molecule has 0 amide bonds. The van der Waals surface area contributed by atoms with E-state index in [9.17, 15) is 9.59 Å². The van der Waals surface area contributed by atoms with Crippen molar-refractivity contribution in [2.24, 2.45) is 21.8 Å². The van der Waals surface area contributed by atoms with Crippen molar-refractivity contribution in [3.05, 3.63) is 65.2 Å². The minimum absolute atomic E-state index is 0.0628. The van der Waals surface area contributed by atoms with Gasteiger partial charge in [0.1, 0.15) is 5.75 Å². The zero-order valence-corrected chi connectivity index (χ0v) is 22.1. The van der Waals surface area contributed by atoms with Crippen molar-refractivity contribution in [2.75, 3.05) is 13.7 Å². The van der Waals surface area contributed by atoms with Crippen LogP contribution in [0.2, 0.25) is 0 Å². The van der Waals surface area contributed by atoms with E-state index in [2.05, 4.69) is 29.9 Å². The highest BCUT2D eigenvalue weighted by Gasteiger charge is 2.28. The van der Waals surface area contributed by atoms with E-state index in [1.54, 1.807) is 24.6 Å². The first-order valence-electron chi connectivity index (χ1n) is 13.4. The number of Topliss-reactive ketones (excluding diaryl/α,β-unsaturated/α-hetero) is 1. The van der Waals surface area contributed by atoms with Gasteiger partial charge in [0.15, 0.2) is 5.78 Å². The topological polar surface area (TPSA) is 77.3 Å². The van der Waals surface area contributed by atoms with Gasteiger partial charge in [-0.2, -0.15) is 0 Å².